The summed E-state index contributed by atoms with van der Waals surface area (Å²) < 4.78 is 0. The molecule has 2 aromatic carbocycles. The maximum atomic E-state index is 11.1. The van der Waals surface area contributed by atoms with Crippen LogP contribution in [0.3, 0.4) is 0 Å². The summed E-state index contributed by atoms with van der Waals surface area (Å²) >= 11 is 11.7. The number of halogens is 2. The van der Waals surface area contributed by atoms with Crippen LogP contribution in [0, 0.1) is 0 Å². The Morgan fingerprint density at radius 3 is 2.44 bits per heavy atom. The lowest BCUT2D eigenvalue weighted by Gasteiger charge is -2.14. The van der Waals surface area contributed by atoms with Gasteiger partial charge in [0, 0.05) is 11.3 Å². The van der Waals surface area contributed by atoms with Gasteiger partial charge in [0.15, 0.2) is 0 Å². The first kappa shape index (κ1) is 12.9. The second kappa shape index (κ2) is 5.89. The average Bonchev–Trinajstić information content (AvgIpc) is 2.40. The van der Waals surface area contributed by atoms with E-state index in [9.17, 15) is 4.79 Å². The van der Waals surface area contributed by atoms with Gasteiger partial charge in [-0.05, 0) is 35.4 Å². The molecule has 1 atom stereocenters. The van der Waals surface area contributed by atoms with Crippen molar-refractivity contribution in [3.05, 3.63) is 65.7 Å². The summed E-state index contributed by atoms with van der Waals surface area (Å²) in [5.74, 6) is 0. The van der Waals surface area contributed by atoms with E-state index in [1.165, 1.54) is 0 Å². The number of carbonyl (C=O) groups is 1. The largest absolute Gasteiger partial charge is 0.366 e. The van der Waals surface area contributed by atoms with E-state index in [2.05, 4.69) is 5.32 Å². The molecule has 1 N–H and O–H groups in total. The van der Waals surface area contributed by atoms with Crippen LogP contribution >= 0.6 is 23.2 Å². The number of hydrogen-bond acceptors (Lipinski definition) is 2. The predicted octanol–water partition coefficient (Wildman–Crippen LogP) is 4.42. The van der Waals surface area contributed by atoms with E-state index >= 15 is 0 Å². The van der Waals surface area contributed by atoms with Crippen molar-refractivity contribution in [3.8, 4) is 0 Å². The molecule has 2 rings (SSSR count). The molecule has 0 saturated heterocycles. The Bertz CT molecular complexity index is 543. The SMILES string of the molecule is O=C(Cl)c1cccc(C(Cl)Nc2ccccc2)c1. The van der Waals surface area contributed by atoms with Gasteiger partial charge in [-0.3, -0.25) is 4.79 Å². The van der Waals surface area contributed by atoms with Crippen molar-refractivity contribution >= 4 is 34.1 Å². The Hall–Kier alpha value is -1.51. The minimum absolute atomic E-state index is 0.414. The molecule has 0 aliphatic carbocycles. The summed E-state index contributed by atoms with van der Waals surface area (Å²) in [6.45, 7) is 0. The van der Waals surface area contributed by atoms with Crippen LogP contribution in [0.25, 0.3) is 0 Å². The number of alkyl halides is 1. The van der Waals surface area contributed by atoms with Crippen molar-refractivity contribution in [2.75, 3.05) is 5.32 Å². The lowest BCUT2D eigenvalue weighted by molar-refractivity contribution is 0.108. The van der Waals surface area contributed by atoms with Gasteiger partial charge in [0.2, 0.25) is 0 Å². The molecule has 0 bridgehead atoms. The normalized spacial score (nSPS) is 11.9. The van der Waals surface area contributed by atoms with E-state index in [1.807, 2.05) is 36.4 Å². The Kier molecular flexibility index (Phi) is 4.24. The first-order valence-electron chi connectivity index (χ1n) is 5.42. The van der Waals surface area contributed by atoms with Gasteiger partial charge in [-0.25, -0.2) is 0 Å². The number of rotatable bonds is 4. The first-order valence-corrected chi connectivity index (χ1v) is 6.24. The van der Waals surface area contributed by atoms with Gasteiger partial charge in [-0.1, -0.05) is 48.0 Å². The van der Waals surface area contributed by atoms with E-state index in [-0.39, 0.29) is 0 Å². The molecule has 0 aromatic heterocycles. The summed E-state index contributed by atoms with van der Waals surface area (Å²) in [7, 11) is 0. The molecule has 2 nitrogen and oxygen atoms in total. The van der Waals surface area contributed by atoms with Crippen molar-refractivity contribution in [1.82, 2.24) is 0 Å². The van der Waals surface area contributed by atoms with Crippen LogP contribution in [-0.2, 0) is 0 Å². The molecular formula is C14H11Cl2NO. The van der Waals surface area contributed by atoms with Gasteiger partial charge in [-0.2, -0.15) is 0 Å². The topological polar surface area (TPSA) is 29.1 Å². The molecule has 0 amide bonds. The summed E-state index contributed by atoms with van der Waals surface area (Å²) in [4.78, 5) is 11.1. The number of carbonyl (C=O) groups excluding carboxylic acids is 1. The van der Waals surface area contributed by atoms with Crippen molar-refractivity contribution < 1.29 is 4.79 Å². The number of para-hydroxylation sites is 1. The fourth-order valence-corrected chi connectivity index (χ4v) is 1.96. The van der Waals surface area contributed by atoms with Gasteiger partial charge < -0.3 is 5.32 Å². The van der Waals surface area contributed by atoms with Gasteiger partial charge in [0.1, 0.15) is 5.50 Å². The van der Waals surface area contributed by atoms with E-state index in [0.717, 1.165) is 11.3 Å². The number of hydrogen-bond donors (Lipinski definition) is 1. The third kappa shape index (κ3) is 3.25. The number of anilines is 1. The minimum atomic E-state index is -0.486. The second-order valence-electron chi connectivity index (χ2n) is 3.77. The Morgan fingerprint density at radius 1 is 1.06 bits per heavy atom. The Morgan fingerprint density at radius 2 is 1.78 bits per heavy atom. The van der Waals surface area contributed by atoms with Crippen LogP contribution in [0.2, 0.25) is 0 Å². The highest BCUT2D eigenvalue weighted by Crippen LogP contribution is 2.24. The molecule has 0 fully saturated rings. The third-order valence-corrected chi connectivity index (χ3v) is 3.05. The van der Waals surface area contributed by atoms with Gasteiger partial charge in [0.25, 0.3) is 5.24 Å². The lowest BCUT2D eigenvalue weighted by Crippen LogP contribution is -2.04. The molecule has 0 aliphatic rings. The summed E-state index contributed by atoms with van der Waals surface area (Å²) in [6.07, 6.45) is 0. The van der Waals surface area contributed by atoms with E-state index in [4.69, 9.17) is 23.2 Å². The third-order valence-electron chi connectivity index (χ3n) is 2.47. The van der Waals surface area contributed by atoms with Crippen molar-refractivity contribution in [1.29, 1.82) is 0 Å². The van der Waals surface area contributed by atoms with Gasteiger partial charge in [-0.15, -0.1) is 0 Å². The summed E-state index contributed by atoms with van der Waals surface area (Å²) in [5.41, 5.74) is 1.74. The maximum Gasteiger partial charge on any atom is 0.252 e. The second-order valence-corrected chi connectivity index (χ2v) is 4.55. The summed E-state index contributed by atoms with van der Waals surface area (Å²) in [5, 5.41) is 2.65. The van der Waals surface area contributed by atoms with Crippen LogP contribution in [-0.4, -0.2) is 5.24 Å². The molecule has 92 valence electrons. The molecule has 0 saturated carbocycles. The standard InChI is InChI=1S/C14H11Cl2NO/c15-13(17-12-7-2-1-3-8-12)10-5-4-6-11(9-10)14(16)18/h1-9,13,17H. The molecule has 0 aliphatic heterocycles. The minimum Gasteiger partial charge on any atom is -0.366 e. The summed E-state index contributed by atoms with van der Waals surface area (Å²) in [6, 6.07) is 16.6. The van der Waals surface area contributed by atoms with Crippen molar-refractivity contribution in [2.45, 2.75) is 5.50 Å². The number of benzene rings is 2. The van der Waals surface area contributed by atoms with E-state index in [1.54, 1.807) is 18.2 Å². The Labute approximate surface area is 116 Å². The zero-order chi connectivity index (χ0) is 13.0. The predicted molar refractivity (Wildman–Crippen MR) is 75.3 cm³/mol. The molecule has 0 radical (unpaired) electrons. The van der Waals surface area contributed by atoms with Crippen LogP contribution in [0.1, 0.15) is 21.4 Å². The highest BCUT2D eigenvalue weighted by Gasteiger charge is 2.10. The monoisotopic (exact) mass is 279 g/mol. The fraction of sp³-hybridized carbons (Fsp3) is 0.0714. The highest BCUT2D eigenvalue weighted by atomic mass is 35.5. The van der Waals surface area contributed by atoms with Gasteiger partial charge in [0.05, 0.1) is 0 Å². The fourth-order valence-electron chi connectivity index (χ4n) is 1.58. The van der Waals surface area contributed by atoms with Crippen molar-refractivity contribution in [3.63, 3.8) is 0 Å². The quantitative estimate of drug-likeness (QED) is 0.510. The van der Waals surface area contributed by atoms with Gasteiger partial charge >= 0.3 is 0 Å². The average molecular weight is 280 g/mol. The molecule has 0 heterocycles. The van der Waals surface area contributed by atoms with Crippen molar-refractivity contribution in [2.24, 2.45) is 0 Å². The van der Waals surface area contributed by atoms with E-state index in [0.29, 0.717) is 5.56 Å². The molecule has 4 heteroatoms. The smallest absolute Gasteiger partial charge is 0.252 e. The lowest BCUT2D eigenvalue weighted by atomic mass is 10.1. The highest BCUT2D eigenvalue weighted by molar-refractivity contribution is 6.67. The zero-order valence-electron chi connectivity index (χ0n) is 9.44. The maximum absolute atomic E-state index is 11.1. The molecule has 2 aromatic rings. The number of nitrogens with one attached hydrogen (secondary N) is 1. The van der Waals surface area contributed by atoms with Crippen LogP contribution in [0.5, 0.6) is 0 Å². The Balaban J connectivity index is 2.16. The molecule has 18 heavy (non-hydrogen) atoms. The van der Waals surface area contributed by atoms with Crippen LogP contribution in [0.15, 0.2) is 54.6 Å². The van der Waals surface area contributed by atoms with Crippen LogP contribution < -0.4 is 5.32 Å². The molecule has 1 unspecified atom stereocenters. The molecule has 0 spiro atoms. The van der Waals surface area contributed by atoms with E-state index < -0.39 is 10.7 Å². The molecular weight excluding hydrogens is 269 g/mol. The van der Waals surface area contributed by atoms with Crippen LogP contribution in [0.4, 0.5) is 5.69 Å². The zero-order valence-corrected chi connectivity index (χ0v) is 10.9. The first-order chi connectivity index (χ1) is 8.66.